The molecule has 0 aliphatic carbocycles. The van der Waals surface area contributed by atoms with E-state index in [0.717, 1.165) is 13.0 Å². The zero-order valence-electron chi connectivity index (χ0n) is 7.47. The maximum absolute atomic E-state index is 8.95. The van der Waals surface area contributed by atoms with E-state index in [2.05, 4.69) is 6.92 Å². The molecule has 11 heavy (non-hydrogen) atoms. The Hall–Kier alpha value is -0.500. The highest BCUT2D eigenvalue weighted by Gasteiger charge is 1.90. The third kappa shape index (κ3) is 7.40. The normalized spacial score (nSPS) is 12.0. The van der Waals surface area contributed by atoms with Crippen LogP contribution in [0.3, 0.4) is 0 Å². The van der Waals surface area contributed by atoms with Crippen LogP contribution in [0.2, 0.25) is 0 Å². The van der Waals surface area contributed by atoms with E-state index in [9.17, 15) is 0 Å². The summed E-state index contributed by atoms with van der Waals surface area (Å²) in [6.45, 7) is 5.07. The molecule has 2 heteroatoms. The molecule has 1 N–H and O–H groups in total. The molecule has 0 saturated heterocycles. The monoisotopic (exact) mass is 158 g/mol. The van der Waals surface area contributed by atoms with Crippen molar-refractivity contribution in [3.63, 3.8) is 0 Å². The van der Waals surface area contributed by atoms with Gasteiger partial charge in [0.1, 0.15) is 12.4 Å². The van der Waals surface area contributed by atoms with Crippen molar-refractivity contribution in [2.75, 3.05) is 13.2 Å². The number of hydrogen-bond acceptors (Lipinski definition) is 2. The first kappa shape index (κ1) is 10.5. The molecule has 0 unspecified atom stereocenters. The second-order valence-electron chi connectivity index (χ2n) is 2.54. The summed E-state index contributed by atoms with van der Waals surface area (Å²) in [6.07, 6.45) is 5.16. The quantitative estimate of drug-likeness (QED) is 0.475. The van der Waals surface area contributed by atoms with Gasteiger partial charge in [-0.25, -0.2) is 0 Å². The number of ether oxygens (including phenoxy) is 1. The van der Waals surface area contributed by atoms with E-state index in [1.807, 2.05) is 0 Å². The van der Waals surface area contributed by atoms with Gasteiger partial charge in [-0.05, 0) is 19.4 Å². The molecule has 0 aromatic carbocycles. The smallest absolute Gasteiger partial charge is 0.114 e. The summed E-state index contributed by atoms with van der Waals surface area (Å²) in [5.41, 5.74) is 0. The summed E-state index contributed by atoms with van der Waals surface area (Å²) < 4.78 is 5.17. The second-order valence-corrected chi connectivity index (χ2v) is 2.54. The van der Waals surface area contributed by atoms with Crippen molar-refractivity contribution in [2.24, 2.45) is 0 Å². The van der Waals surface area contributed by atoms with Crippen LogP contribution >= 0.6 is 0 Å². The van der Waals surface area contributed by atoms with Gasteiger partial charge < -0.3 is 9.84 Å². The van der Waals surface area contributed by atoms with Crippen molar-refractivity contribution >= 4 is 0 Å². The molecule has 2 nitrogen and oxygen atoms in total. The molecule has 0 aliphatic rings. The van der Waals surface area contributed by atoms with Crippen molar-refractivity contribution in [3.05, 3.63) is 11.8 Å². The van der Waals surface area contributed by atoms with E-state index >= 15 is 0 Å². The van der Waals surface area contributed by atoms with Crippen LogP contribution in [0.1, 0.15) is 33.1 Å². The second kappa shape index (κ2) is 7.61. The van der Waals surface area contributed by atoms with Gasteiger partial charge in [0, 0.05) is 6.61 Å². The molecule has 0 amide bonds. The molecule has 0 atom stereocenters. The molecule has 66 valence electrons. The number of rotatable bonds is 6. The van der Waals surface area contributed by atoms with Crippen LogP contribution in [-0.2, 0) is 4.74 Å². The van der Waals surface area contributed by atoms with Gasteiger partial charge in [-0.1, -0.05) is 19.8 Å². The fraction of sp³-hybridized carbons (Fsp3) is 0.778. The molecule has 0 heterocycles. The summed E-state index contributed by atoms with van der Waals surface area (Å²) in [5.74, 6) is 0.321. The van der Waals surface area contributed by atoms with Gasteiger partial charge in [-0.3, -0.25) is 0 Å². The minimum Gasteiger partial charge on any atom is -0.510 e. The minimum absolute atomic E-state index is 0.321. The van der Waals surface area contributed by atoms with Crippen LogP contribution in [0.5, 0.6) is 0 Å². The van der Waals surface area contributed by atoms with Gasteiger partial charge in [0.05, 0.1) is 0 Å². The van der Waals surface area contributed by atoms with E-state index in [1.54, 1.807) is 13.0 Å². The Morgan fingerprint density at radius 1 is 1.45 bits per heavy atom. The Kier molecular flexibility index (Phi) is 7.26. The minimum atomic E-state index is 0.321. The summed E-state index contributed by atoms with van der Waals surface area (Å²) in [4.78, 5) is 0. The molecular weight excluding hydrogens is 140 g/mol. The molecule has 0 saturated carbocycles. The average Bonchev–Trinajstić information content (AvgIpc) is 2.04. The molecule has 0 aliphatic heterocycles. The first-order valence-corrected chi connectivity index (χ1v) is 4.23. The number of allylic oxidation sites excluding steroid dienone is 1. The fourth-order valence-electron chi connectivity index (χ4n) is 0.714. The SMILES string of the molecule is C/C=C(\O)COCCCCC. The van der Waals surface area contributed by atoms with Crippen molar-refractivity contribution in [3.8, 4) is 0 Å². The molecular formula is C9H18O2. The number of aliphatic hydroxyl groups is 1. The predicted molar refractivity (Wildman–Crippen MR) is 46.7 cm³/mol. The lowest BCUT2D eigenvalue weighted by molar-refractivity contribution is 0.124. The van der Waals surface area contributed by atoms with Crippen LogP contribution in [0.15, 0.2) is 11.8 Å². The van der Waals surface area contributed by atoms with Gasteiger partial charge in [-0.2, -0.15) is 0 Å². The molecule has 0 aromatic rings. The lowest BCUT2D eigenvalue weighted by Gasteiger charge is -2.01. The third-order valence-corrected chi connectivity index (χ3v) is 1.48. The Morgan fingerprint density at radius 3 is 2.73 bits per heavy atom. The molecule has 0 spiro atoms. The third-order valence-electron chi connectivity index (χ3n) is 1.48. The predicted octanol–water partition coefficient (Wildman–Crippen LogP) is 2.66. The fourth-order valence-corrected chi connectivity index (χ4v) is 0.714. The van der Waals surface area contributed by atoms with E-state index in [4.69, 9.17) is 9.84 Å². The molecule has 0 rings (SSSR count). The lowest BCUT2D eigenvalue weighted by Crippen LogP contribution is -1.99. The van der Waals surface area contributed by atoms with Crippen LogP contribution in [0.4, 0.5) is 0 Å². The summed E-state index contributed by atoms with van der Waals surface area (Å²) >= 11 is 0. The van der Waals surface area contributed by atoms with E-state index in [-0.39, 0.29) is 0 Å². The Morgan fingerprint density at radius 2 is 2.18 bits per heavy atom. The van der Waals surface area contributed by atoms with Gasteiger partial charge in [0.25, 0.3) is 0 Å². The summed E-state index contributed by atoms with van der Waals surface area (Å²) in [7, 11) is 0. The summed E-state index contributed by atoms with van der Waals surface area (Å²) in [5, 5.41) is 8.95. The van der Waals surface area contributed by atoms with Crippen LogP contribution in [0, 0.1) is 0 Å². The van der Waals surface area contributed by atoms with Crippen molar-refractivity contribution in [2.45, 2.75) is 33.1 Å². The maximum Gasteiger partial charge on any atom is 0.114 e. The van der Waals surface area contributed by atoms with Gasteiger partial charge in [0.2, 0.25) is 0 Å². The average molecular weight is 158 g/mol. The highest BCUT2D eigenvalue weighted by atomic mass is 16.5. The zero-order valence-corrected chi connectivity index (χ0v) is 7.47. The van der Waals surface area contributed by atoms with E-state index < -0.39 is 0 Å². The molecule has 0 bridgehead atoms. The standard InChI is InChI=1S/C9H18O2/c1-3-5-6-7-11-8-9(10)4-2/h4,10H,3,5-8H2,1-2H3/b9-4-. The van der Waals surface area contributed by atoms with E-state index in [1.165, 1.54) is 12.8 Å². The maximum atomic E-state index is 8.95. The molecule has 0 aromatic heterocycles. The highest BCUT2D eigenvalue weighted by molar-refractivity contribution is 4.86. The summed E-state index contributed by atoms with van der Waals surface area (Å²) in [6, 6.07) is 0. The Labute approximate surface area is 68.9 Å². The van der Waals surface area contributed by atoms with Crippen molar-refractivity contribution in [1.29, 1.82) is 0 Å². The first-order chi connectivity index (χ1) is 5.31. The van der Waals surface area contributed by atoms with Crippen molar-refractivity contribution in [1.82, 2.24) is 0 Å². The Bertz CT molecular complexity index is 108. The highest BCUT2D eigenvalue weighted by Crippen LogP contribution is 1.95. The lowest BCUT2D eigenvalue weighted by atomic mass is 10.3. The first-order valence-electron chi connectivity index (χ1n) is 4.23. The van der Waals surface area contributed by atoms with Crippen LogP contribution < -0.4 is 0 Å². The van der Waals surface area contributed by atoms with Crippen LogP contribution in [0.25, 0.3) is 0 Å². The van der Waals surface area contributed by atoms with Gasteiger partial charge in [-0.15, -0.1) is 0 Å². The molecule has 0 radical (unpaired) electrons. The largest absolute Gasteiger partial charge is 0.510 e. The van der Waals surface area contributed by atoms with E-state index in [0.29, 0.717) is 12.4 Å². The van der Waals surface area contributed by atoms with Crippen LogP contribution in [-0.4, -0.2) is 18.3 Å². The zero-order chi connectivity index (χ0) is 8.53. The van der Waals surface area contributed by atoms with Gasteiger partial charge in [0.15, 0.2) is 0 Å². The Balaban J connectivity index is 3.02. The number of aliphatic hydroxyl groups excluding tert-OH is 1. The van der Waals surface area contributed by atoms with Gasteiger partial charge >= 0.3 is 0 Å². The number of unbranched alkanes of at least 4 members (excludes halogenated alkanes) is 2. The van der Waals surface area contributed by atoms with Crippen molar-refractivity contribution < 1.29 is 9.84 Å². The number of hydrogen-bond donors (Lipinski definition) is 1. The topological polar surface area (TPSA) is 29.5 Å². The molecule has 0 fully saturated rings.